The van der Waals surface area contributed by atoms with Crippen LogP contribution in [0.4, 0.5) is 8.78 Å². The van der Waals surface area contributed by atoms with Gasteiger partial charge in [0.1, 0.15) is 0 Å². The van der Waals surface area contributed by atoms with Crippen LogP contribution in [0, 0.1) is 0 Å². The fraction of sp³-hybridized carbons (Fsp3) is 0.250. The summed E-state index contributed by atoms with van der Waals surface area (Å²) in [5.74, 6) is -1.33. The lowest BCUT2D eigenvalue weighted by Gasteiger charge is -1.75. The summed E-state index contributed by atoms with van der Waals surface area (Å²) in [6.45, 7) is 1.24. The number of carbonyl (C=O) groups excluding carboxylic acids is 1. The van der Waals surface area contributed by atoms with Gasteiger partial charge < -0.3 is 0 Å². The molecule has 3 heteroatoms. The zero-order valence-electron chi connectivity index (χ0n) is 3.74. The number of hydrogen-bond acceptors (Lipinski definition) is 1. The largest absolute Gasteiger partial charge is 0.359 e. The zero-order valence-corrected chi connectivity index (χ0v) is 3.74. The Kier molecular flexibility index (Phi) is 2.19. The Balaban J connectivity index is 3.82. The maximum atomic E-state index is 11.4. The second-order valence-electron chi connectivity index (χ2n) is 0.910. The van der Waals surface area contributed by atoms with Gasteiger partial charge in [-0.2, -0.15) is 4.39 Å². The van der Waals surface area contributed by atoms with E-state index in [4.69, 9.17) is 0 Å². The highest BCUT2D eigenvalue weighted by Gasteiger charge is 2.01. The Hall–Kier alpha value is -0.730. The summed E-state index contributed by atoms with van der Waals surface area (Å²) < 4.78 is 22.4. The minimum Gasteiger partial charge on any atom is -0.253 e. The van der Waals surface area contributed by atoms with Crippen LogP contribution in [0.3, 0.4) is 0 Å². The van der Waals surface area contributed by atoms with Crippen LogP contribution in [-0.4, -0.2) is 6.04 Å². The molecule has 0 heterocycles. The van der Waals surface area contributed by atoms with Gasteiger partial charge in [-0.3, -0.25) is 4.79 Å². The van der Waals surface area contributed by atoms with E-state index in [1.165, 1.54) is 6.92 Å². The van der Waals surface area contributed by atoms with E-state index in [0.717, 1.165) is 6.08 Å². The van der Waals surface area contributed by atoms with Gasteiger partial charge in [-0.1, -0.05) is 0 Å². The standard InChI is InChI=1S/C4H4F2O/c1-2-3(5)4(6)7/h2H,1H3. The van der Waals surface area contributed by atoms with Crippen LogP contribution in [0.25, 0.3) is 0 Å². The second-order valence-corrected chi connectivity index (χ2v) is 0.910. The summed E-state index contributed by atoms with van der Waals surface area (Å²) in [5, 5.41) is 0. The van der Waals surface area contributed by atoms with E-state index < -0.39 is 11.9 Å². The van der Waals surface area contributed by atoms with Gasteiger partial charge in [-0.05, 0) is 13.0 Å². The van der Waals surface area contributed by atoms with Gasteiger partial charge in [-0.15, -0.1) is 0 Å². The molecule has 0 aromatic rings. The lowest BCUT2D eigenvalue weighted by molar-refractivity contribution is -0.126. The summed E-state index contributed by atoms with van der Waals surface area (Å²) in [6, 6.07) is -2.01. The molecule has 0 aliphatic heterocycles. The molecule has 0 bridgehead atoms. The highest BCUT2D eigenvalue weighted by Crippen LogP contribution is 1.96. The molecular weight excluding hydrogens is 102 g/mol. The maximum absolute atomic E-state index is 11.4. The molecule has 0 atom stereocenters. The topological polar surface area (TPSA) is 17.1 Å². The number of carbonyl (C=O) groups is 1. The van der Waals surface area contributed by atoms with E-state index in [-0.39, 0.29) is 0 Å². The van der Waals surface area contributed by atoms with Crippen molar-refractivity contribution in [1.29, 1.82) is 0 Å². The molecule has 0 radical (unpaired) electrons. The van der Waals surface area contributed by atoms with Crippen LogP contribution in [0.2, 0.25) is 0 Å². The van der Waals surface area contributed by atoms with Crippen molar-refractivity contribution < 1.29 is 13.6 Å². The van der Waals surface area contributed by atoms with Gasteiger partial charge in [0.2, 0.25) is 0 Å². The van der Waals surface area contributed by atoms with Crippen molar-refractivity contribution in [2.24, 2.45) is 0 Å². The van der Waals surface area contributed by atoms with Gasteiger partial charge in [0.15, 0.2) is 5.83 Å². The third-order valence-corrected chi connectivity index (χ3v) is 0.441. The van der Waals surface area contributed by atoms with Gasteiger partial charge in [0, 0.05) is 0 Å². The Morgan fingerprint density at radius 1 is 1.57 bits per heavy atom. The molecule has 7 heavy (non-hydrogen) atoms. The quantitative estimate of drug-likeness (QED) is 0.364. The first kappa shape index (κ1) is 6.27. The van der Waals surface area contributed by atoms with Crippen molar-refractivity contribution in [2.45, 2.75) is 6.92 Å². The Labute approximate surface area is 39.6 Å². The van der Waals surface area contributed by atoms with Crippen LogP contribution >= 0.6 is 0 Å². The fourth-order valence-corrected chi connectivity index (χ4v) is 0.113. The SMILES string of the molecule is CC=C(F)C(=O)F. The molecule has 0 amide bonds. The third-order valence-electron chi connectivity index (χ3n) is 0.441. The van der Waals surface area contributed by atoms with E-state index >= 15 is 0 Å². The molecule has 0 unspecified atom stereocenters. The Bertz CT molecular complexity index is 106. The van der Waals surface area contributed by atoms with Crippen LogP contribution in [0.15, 0.2) is 11.9 Å². The first-order valence-electron chi connectivity index (χ1n) is 1.70. The monoisotopic (exact) mass is 106 g/mol. The van der Waals surface area contributed by atoms with E-state index in [1.807, 2.05) is 0 Å². The third kappa shape index (κ3) is 2.03. The molecule has 0 N–H and O–H groups in total. The predicted octanol–water partition coefficient (Wildman–Crippen LogP) is 1.36. The van der Waals surface area contributed by atoms with Crippen molar-refractivity contribution in [1.82, 2.24) is 0 Å². The second kappa shape index (κ2) is 2.44. The molecule has 0 saturated heterocycles. The average molecular weight is 106 g/mol. The lowest BCUT2D eigenvalue weighted by atomic mass is 10.5. The van der Waals surface area contributed by atoms with Crippen molar-refractivity contribution in [2.75, 3.05) is 0 Å². The van der Waals surface area contributed by atoms with E-state index in [9.17, 15) is 13.6 Å². The highest BCUT2D eigenvalue weighted by atomic mass is 19.2. The van der Waals surface area contributed by atoms with Gasteiger partial charge in [0.05, 0.1) is 0 Å². The maximum Gasteiger partial charge on any atom is 0.359 e. The van der Waals surface area contributed by atoms with Gasteiger partial charge in [-0.25, -0.2) is 4.39 Å². The first-order valence-corrected chi connectivity index (χ1v) is 1.70. The van der Waals surface area contributed by atoms with Crippen LogP contribution in [0.5, 0.6) is 0 Å². The summed E-state index contributed by atoms with van der Waals surface area (Å²) in [4.78, 5) is 9.26. The summed E-state index contributed by atoms with van der Waals surface area (Å²) in [6.07, 6.45) is 0.766. The Morgan fingerprint density at radius 2 is 2.00 bits per heavy atom. The lowest BCUT2D eigenvalue weighted by Crippen LogP contribution is -1.84. The zero-order chi connectivity index (χ0) is 5.86. The molecule has 0 rings (SSSR count). The van der Waals surface area contributed by atoms with E-state index in [1.54, 1.807) is 0 Å². The number of hydrogen-bond donors (Lipinski definition) is 0. The molecule has 40 valence electrons. The van der Waals surface area contributed by atoms with Gasteiger partial charge in [0.25, 0.3) is 0 Å². The molecule has 0 spiro atoms. The number of halogens is 2. The fourth-order valence-electron chi connectivity index (χ4n) is 0.113. The van der Waals surface area contributed by atoms with Crippen molar-refractivity contribution in [3.8, 4) is 0 Å². The molecule has 0 aliphatic rings. The molecule has 1 nitrogen and oxygen atoms in total. The summed E-state index contributed by atoms with van der Waals surface area (Å²) in [5.41, 5.74) is 0. The molecule has 0 aromatic carbocycles. The average Bonchev–Trinajstić information content (AvgIpc) is 1.65. The first-order chi connectivity index (χ1) is 3.18. The van der Waals surface area contributed by atoms with Crippen LogP contribution in [-0.2, 0) is 4.79 Å². The number of allylic oxidation sites excluding steroid dienone is 2. The molecular formula is C4H4F2O. The summed E-state index contributed by atoms with van der Waals surface area (Å²) in [7, 11) is 0. The minimum atomic E-state index is -2.01. The highest BCUT2D eigenvalue weighted by molar-refractivity contribution is 5.84. The molecule has 0 saturated carbocycles. The number of rotatable bonds is 1. The van der Waals surface area contributed by atoms with Crippen LogP contribution in [0.1, 0.15) is 6.92 Å². The smallest absolute Gasteiger partial charge is 0.253 e. The van der Waals surface area contributed by atoms with Crippen LogP contribution < -0.4 is 0 Å². The molecule has 0 aromatic heterocycles. The van der Waals surface area contributed by atoms with E-state index in [0.29, 0.717) is 0 Å². The normalized spacial score (nSPS) is 11.6. The molecule has 0 aliphatic carbocycles. The minimum absolute atomic E-state index is 0.766. The van der Waals surface area contributed by atoms with Gasteiger partial charge >= 0.3 is 6.04 Å². The molecule has 0 fully saturated rings. The van der Waals surface area contributed by atoms with E-state index in [2.05, 4.69) is 0 Å². The van der Waals surface area contributed by atoms with Crippen molar-refractivity contribution in [3.63, 3.8) is 0 Å². The van der Waals surface area contributed by atoms with Crippen molar-refractivity contribution in [3.05, 3.63) is 11.9 Å². The summed E-state index contributed by atoms with van der Waals surface area (Å²) >= 11 is 0. The predicted molar refractivity (Wildman–Crippen MR) is 21.0 cm³/mol. The Morgan fingerprint density at radius 3 is 2.00 bits per heavy atom. The van der Waals surface area contributed by atoms with Crippen molar-refractivity contribution >= 4 is 6.04 Å².